The monoisotopic (exact) mass is 734 g/mol. The lowest BCUT2D eigenvalue weighted by molar-refractivity contribution is -0.138. The van der Waals surface area contributed by atoms with Gasteiger partial charge in [-0.2, -0.15) is 0 Å². The molecule has 0 heterocycles. The summed E-state index contributed by atoms with van der Waals surface area (Å²) in [7, 11) is 0. The molecule has 0 bridgehead atoms. The molecule has 0 radical (unpaired) electrons. The Morgan fingerprint density at radius 1 is 0.654 bits per heavy atom. The minimum atomic E-state index is -0.730. The zero-order chi connectivity index (χ0) is 38.5. The number of carbonyl (C=O) groups is 2. The van der Waals surface area contributed by atoms with Crippen molar-refractivity contribution in [3.05, 3.63) is 23.3 Å². The number of carboxylic acids is 1. The first-order chi connectivity index (χ1) is 25.4. The Kier molecular flexibility index (Phi) is 36.4. The van der Waals surface area contributed by atoms with Crippen LogP contribution in [0.5, 0.6) is 0 Å². The van der Waals surface area contributed by atoms with Crippen LogP contribution in [0, 0.1) is 17.8 Å². The number of esters is 1. The van der Waals surface area contributed by atoms with E-state index in [1.807, 2.05) is 6.08 Å². The van der Waals surface area contributed by atoms with Crippen molar-refractivity contribution in [2.45, 2.75) is 214 Å². The summed E-state index contributed by atoms with van der Waals surface area (Å²) in [5.41, 5.74) is 1.87. The van der Waals surface area contributed by atoms with Gasteiger partial charge in [-0.3, -0.25) is 0 Å². The number of carboxylic acid groups (broad SMARTS) is 1. The third-order valence-corrected chi connectivity index (χ3v) is 11.1. The zero-order valence-corrected chi connectivity index (χ0v) is 35.1. The number of rotatable bonds is 39. The van der Waals surface area contributed by atoms with Crippen molar-refractivity contribution in [1.29, 1.82) is 0 Å². The number of aliphatic hydroxyl groups is 1. The molecule has 3 N–H and O–H groups in total. The number of ether oxygens (including phenoxy) is 1. The lowest BCUT2D eigenvalue weighted by atomic mass is 9.82. The first kappa shape index (κ1) is 50.3. The highest BCUT2D eigenvalue weighted by Gasteiger charge is 2.22. The number of aliphatic carboxylic acids is 1. The number of carbonyl (C=O) groups excluding carboxylic acids is 1. The second-order valence-electron chi connectivity index (χ2n) is 15.7. The topological polar surface area (TPSA) is 95.9 Å². The molecule has 0 saturated carbocycles. The van der Waals surface area contributed by atoms with Gasteiger partial charge in [0.2, 0.25) is 0 Å². The summed E-state index contributed by atoms with van der Waals surface area (Å²) in [4.78, 5) is 25.1. The van der Waals surface area contributed by atoms with Gasteiger partial charge in [0.15, 0.2) is 0 Å². The molecule has 0 amide bonds. The van der Waals surface area contributed by atoms with E-state index in [0.717, 1.165) is 96.6 Å². The number of nitrogens with one attached hydrogen (secondary N) is 1. The number of aliphatic hydroxyl groups excluding tert-OH is 1. The molecule has 3 atom stereocenters. The van der Waals surface area contributed by atoms with Gasteiger partial charge in [-0.1, -0.05) is 162 Å². The fourth-order valence-electron chi connectivity index (χ4n) is 7.56. The molecule has 0 aliphatic carbocycles. The van der Waals surface area contributed by atoms with Crippen molar-refractivity contribution in [3.63, 3.8) is 0 Å². The third-order valence-electron chi connectivity index (χ3n) is 11.1. The molecule has 0 aliphatic rings. The van der Waals surface area contributed by atoms with Gasteiger partial charge in [-0.05, 0) is 95.1 Å². The van der Waals surface area contributed by atoms with Crippen molar-refractivity contribution in [3.8, 4) is 0 Å². The van der Waals surface area contributed by atoms with E-state index in [2.05, 4.69) is 39.9 Å². The number of hydrogen-bond donors (Lipinski definition) is 3. The normalized spacial score (nSPS) is 14.0. The van der Waals surface area contributed by atoms with Gasteiger partial charge >= 0.3 is 11.9 Å². The lowest BCUT2D eigenvalue weighted by Crippen LogP contribution is -2.17. The number of allylic oxidation sites excluding steroid dienone is 2. The second-order valence-corrected chi connectivity index (χ2v) is 15.7. The third kappa shape index (κ3) is 28.8. The van der Waals surface area contributed by atoms with Crippen LogP contribution in [-0.2, 0) is 14.3 Å². The Hall–Kier alpha value is -1.66. The number of hydrogen-bond acceptors (Lipinski definition) is 5. The molecule has 6 heteroatoms. The predicted molar refractivity (Wildman–Crippen MR) is 223 cm³/mol. The van der Waals surface area contributed by atoms with Crippen LogP contribution in [0.2, 0.25) is 0 Å². The molecule has 0 rings (SSSR count). The maximum Gasteiger partial charge on any atom is 0.331 e. The Morgan fingerprint density at radius 2 is 1.21 bits per heavy atom. The molecule has 0 aromatic heterocycles. The Labute approximate surface area is 322 Å². The Balaban J connectivity index is 5.05. The van der Waals surface area contributed by atoms with Gasteiger partial charge in [0.25, 0.3) is 0 Å². The largest absolute Gasteiger partial charge is 0.478 e. The summed E-state index contributed by atoms with van der Waals surface area (Å²) in [5, 5.41) is 22.7. The SMILES string of the molecule is CCCCCCCCCC(CCCCCOC(=O)/C=C/CC(CCCCCCCC)C(C)CC)/C(CCC)=C(\CCCCCNCCCO)C(=O)O. The van der Waals surface area contributed by atoms with Crippen LogP contribution in [-0.4, -0.2) is 48.5 Å². The van der Waals surface area contributed by atoms with Gasteiger partial charge in [-0.25, -0.2) is 9.59 Å². The van der Waals surface area contributed by atoms with Crippen LogP contribution in [0.1, 0.15) is 214 Å². The highest BCUT2D eigenvalue weighted by Crippen LogP contribution is 2.33. The molecular weight excluding hydrogens is 647 g/mol. The first-order valence-electron chi connectivity index (χ1n) is 22.5. The van der Waals surface area contributed by atoms with Crippen LogP contribution >= 0.6 is 0 Å². The molecule has 0 spiro atoms. The van der Waals surface area contributed by atoms with Crippen LogP contribution in [0.15, 0.2) is 23.3 Å². The molecule has 0 aromatic rings. The smallest absolute Gasteiger partial charge is 0.331 e. The molecular formula is C46H87NO5. The quantitative estimate of drug-likeness (QED) is 0.0331. The molecule has 3 unspecified atom stereocenters. The molecule has 6 nitrogen and oxygen atoms in total. The summed E-state index contributed by atoms with van der Waals surface area (Å²) in [6.45, 7) is 13.7. The minimum absolute atomic E-state index is 0.212. The minimum Gasteiger partial charge on any atom is -0.478 e. The Bertz CT molecular complexity index is 884. The van der Waals surface area contributed by atoms with E-state index in [1.54, 1.807) is 6.08 Å². The summed E-state index contributed by atoms with van der Waals surface area (Å²) in [5.74, 6) is 0.669. The van der Waals surface area contributed by atoms with Crippen molar-refractivity contribution in [2.75, 3.05) is 26.3 Å². The number of unbranched alkanes of at least 4 members (excludes halogenated alkanes) is 15. The fourth-order valence-corrected chi connectivity index (χ4v) is 7.56. The Morgan fingerprint density at radius 3 is 1.79 bits per heavy atom. The van der Waals surface area contributed by atoms with Gasteiger partial charge in [0, 0.05) is 18.3 Å². The molecule has 0 aromatic carbocycles. The molecule has 0 saturated heterocycles. The van der Waals surface area contributed by atoms with Crippen LogP contribution < -0.4 is 5.32 Å². The van der Waals surface area contributed by atoms with E-state index in [-0.39, 0.29) is 12.6 Å². The highest BCUT2D eigenvalue weighted by atomic mass is 16.5. The summed E-state index contributed by atoms with van der Waals surface area (Å²) in [6, 6.07) is 0. The average Bonchev–Trinajstić information content (AvgIpc) is 3.13. The molecule has 0 aliphatic heterocycles. The zero-order valence-electron chi connectivity index (χ0n) is 35.1. The summed E-state index contributed by atoms with van der Waals surface area (Å²) < 4.78 is 5.59. The summed E-state index contributed by atoms with van der Waals surface area (Å²) in [6.07, 6.45) is 35.0. The van der Waals surface area contributed by atoms with E-state index in [1.165, 1.54) is 95.5 Å². The maximum atomic E-state index is 12.6. The van der Waals surface area contributed by atoms with Crippen LogP contribution in [0.4, 0.5) is 0 Å². The standard InChI is InChI=1S/C46H87NO5/c1-6-10-12-14-16-18-22-31-42(43(29-8-3)44(46(50)51)34-24-19-25-36-47-37-28-38-48)32-23-20-26-39-52-45(49)35-27-33-41(40(5)9-4)30-21-17-15-13-11-7-2/h27,35,40-42,47-48H,6-26,28-34,36-39H2,1-5H3,(H,50,51)/b35-27+,44-43+. The molecule has 306 valence electrons. The van der Waals surface area contributed by atoms with Crippen LogP contribution in [0.3, 0.4) is 0 Å². The molecule has 52 heavy (non-hydrogen) atoms. The van der Waals surface area contributed by atoms with Crippen molar-refractivity contribution < 1.29 is 24.5 Å². The van der Waals surface area contributed by atoms with Crippen molar-refractivity contribution >= 4 is 11.9 Å². The van der Waals surface area contributed by atoms with Crippen LogP contribution in [0.25, 0.3) is 0 Å². The van der Waals surface area contributed by atoms with E-state index in [4.69, 9.17) is 9.84 Å². The highest BCUT2D eigenvalue weighted by molar-refractivity contribution is 5.87. The van der Waals surface area contributed by atoms with Gasteiger partial charge in [0.05, 0.1) is 6.61 Å². The lowest BCUT2D eigenvalue weighted by Gasteiger charge is -2.23. The molecule has 0 fully saturated rings. The maximum absolute atomic E-state index is 12.6. The fraction of sp³-hybridized carbons (Fsp3) is 0.870. The first-order valence-corrected chi connectivity index (χ1v) is 22.5. The van der Waals surface area contributed by atoms with Crippen molar-refractivity contribution in [2.24, 2.45) is 17.8 Å². The van der Waals surface area contributed by atoms with E-state index >= 15 is 0 Å². The van der Waals surface area contributed by atoms with Gasteiger partial charge < -0.3 is 20.3 Å². The van der Waals surface area contributed by atoms with E-state index in [9.17, 15) is 14.7 Å². The van der Waals surface area contributed by atoms with Gasteiger partial charge in [0.1, 0.15) is 0 Å². The van der Waals surface area contributed by atoms with E-state index < -0.39 is 5.97 Å². The second kappa shape index (κ2) is 37.6. The summed E-state index contributed by atoms with van der Waals surface area (Å²) >= 11 is 0. The average molecular weight is 734 g/mol. The van der Waals surface area contributed by atoms with Gasteiger partial charge in [-0.15, -0.1) is 0 Å². The van der Waals surface area contributed by atoms with E-state index in [0.29, 0.717) is 36.4 Å². The predicted octanol–water partition coefficient (Wildman–Crippen LogP) is 12.9. The van der Waals surface area contributed by atoms with Crippen molar-refractivity contribution in [1.82, 2.24) is 5.32 Å².